The fourth-order valence-electron chi connectivity index (χ4n) is 2.39. The van der Waals surface area contributed by atoms with Gasteiger partial charge in [0.2, 0.25) is 0 Å². The predicted molar refractivity (Wildman–Crippen MR) is 73.2 cm³/mol. The van der Waals surface area contributed by atoms with Crippen LogP contribution in [-0.4, -0.2) is 55.0 Å². The number of carbonyl (C=O) groups excluding carboxylic acids is 1. The molecule has 0 bridgehead atoms. The Bertz CT molecular complexity index is 323. The predicted octanol–water partition coefficient (Wildman–Crippen LogP) is 1.76. The zero-order valence-electron chi connectivity index (χ0n) is 12.4. The smallest absolute Gasteiger partial charge is 0.410 e. The first-order valence-electron chi connectivity index (χ1n) is 7.16. The Morgan fingerprint density at radius 3 is 2.47 bits per heavy atom. The van der Waals surface area contributed by atoms with Gasteiger partial charge in [0.05, 0.1) is 12.6 Å². The lowest BCUT2D eigenvalue weighted by Crippen LogP contribution is -2.55. The van der Waals surface area contributed by atoms with Gasteiger partial charge in [-0.3, -0.25) is 0 Å². The number of ether oxygens (including phenoxy) is 2. The molecule has 0 unspecified atom stereocenters. The maximum atomic E-state index is 12.0. The van der Waals surface area contributed by atoms with Crippen LogP contribution in [0.3, 0.4) is 0 Å². The van der Waals surface area contributed by atoms with Crippen molar-refractivity contribution in [3.05, 3.63) is 0 Å². The van der Waals surface area contributed by atoms with Crippen molar-refractivity contribution in [3.8, 4) is 0 Å². The van der Waals surface area contributed by atoms with E-state index < -0.39 is 5.60 Å². The Morgan fingerprint density at radius 1 is 1.26 bits per heavy atom. The van der Waals surface area contributed by atoms with E-state index in [1.165, 1.54) is 12.8 Å². The Labute approximate surface area is 115 Å². The molecule has 1 aliphatic carbocycles. The van der Waals surface area contributed by atoms with Gasteiger partial charge in [-0.25, -0.2) is 4.79 Å². The van der Waals surface area contributed by atoms with Crippen molar-refractivity contribution in [2.24, 2.45) is 0 Å². The largest absolute Gasteiger partial charge is 0.444 e. The minimum absolute atomic E-state index is 0.0573. The van der Waals surface area contributed by atoms with Crippen molar-refractivity contribution < 1.29 is 14.3 Å². The van der Waals surface area contributed by atoms with Gasteiger partial charge in [0.1, 0.15) is 5.60 Å². The van der Waals surface area contributed by atoms with Crippen LogP contribution in [-0.2, 0) is 9.47 Å². The monoisotopic (exact) mass is 270 g/mol. The highest BCUT2D eigenvalue weighted by Gasteiger charge is 2.36. The second kappa shape index (κ2) is 5.67. The van der Waals surface area contributed by atoms with E-state index in [4.69, 9.17) is 9.47 Å². The van der Waals surface area contributed by atoms with Crippen LogP contribution >= 0.6 is 0 Å². The van der Waals surface area contributed by atoms with Gasteiger partial charge in [-0.05, 0) is 40.0 Å². The number of hydrogen-bond acceptors (Lipinski definition) is 4. The molecule has 1 heterocycles. The van der Waals surface area contributed by atoms with Crippen LogP contribution in [0.1, 0.15) is 40.0 Å². The minimum Gasteiger partial charge on any atom is -0.444 e. The highest BCUT2D eigenvalue weighted by Crippen LogP contribution is 2.24. The zero-order chi connectivity index (χ0) is 14.0. The lowest BCUT2D eigenvalue weighted by Gasteiger charge is -2.38. The normalized spacial score (nSPS) is 28.3. The van der Waals surface area contributed by atoms with Crippen molar-refractivity contribution in [2.45, 2.75) is 63.8 Å². The van der Waals surface area contributed by atoms with E-state index in [1.807, 2.05) is 20.8 Å². The van der Waals surface area contributed by atoms with Gasteiger partial charge in [0.25, 0.3) is 0 Å². The number of hydrogen-bond donors (Lipinski definition) is 1. The van der Waals surface area contributed by atoms with Crippen LogP contribution in [0.5, 0.6) is 0 Å². The highest BCUT2D eigenvalue weighted by molar-refractivity contribution is 5.68. The van der Waals surface area contributed by atoms with E-state index in [-0.39, 0.29) is 12.2 Å². The first-order valence-corrected chi connectivity index (χ1v) is 7.16. The molecule has 2 atom stereocenters. The maximum absolute atomic E-state index is 12.0. The summed E-state index contributed by atoms with van der Waals surface area (Å²) in [4.78, 5) is 13.8. The van der Waals surface area contributed by atoms with Crippen LogP contribution in [0.2, 0.25) is 0 Å². The summed E-state index contributed by atoms with van der Waals surface area (Å²) in [7, 11) is 1.71. The van der Waals surface area contributed by atoms with Crippen LogP contribution in [0.15, 0.2) is 0 Å². The van der Waals surface area contributed by atoms with Gasteiger partial charge in [0, 0.05) is 25.7 Å². The summed E-state index contributed by atoms with van der Waals surface area (Å²) in [6.07, 6.45) is 3.28. The van der Waals surface area contributed by atoms with Gasteiger partial charge in [-0.2, -0.15) is 0 Å². The molecule has 1 N–H and O–H groups in total. The summed E-state index contributed by atoms with van der Waals surface area (Å²) < 4.78 is 10.9. The quantitative estimate of drug-likeness (QED) is 0.849. The molecule has 2 rings (SSSR count). The molecule has 0 aromatic rings. The lowest BCUT2D eigenvalue weighted by molar-refractivity contribution is -0.0184. The van der Waals surface area contributed by atoms with Gasteiger partial charge in [0.15, 0.2) is 0 Å². The molecule has 0 spiro atoms. The molecule has 1 saturated heterocycles. The Morgan fingerprint density at radius 2 is 1.95 bits per heavy atom. The van der Waals surface area contributed by atoms with E-state index in [0.29, 0.717) is 18.6 Å². The maximum Gasteiger partial charge on any atom is 0.410 e. The first kappa shape index (κ1) is 14.6. The number of nitrogens with one attached hydrogen (secondary N) is 1. The molecule has 0 radical (unpaired) electrons. The second-order valence-electron chi connectivity index (χ2n) is 6.54. The SMILES string of the molecule is CO[C@H]1CN(C(=O)OC(C)(C)C)CC[C@@H]1NC1CC1. The van der Waals surface area contributed by atoms with Crippen LogP contribution in [0, 0.1) is 0 Å². The van der Waals surface area contributed by atoms with E-state index in [2.05, 4.69) is 5.32 Å². The number of nitrogens with zero attached hydrogens (tertiary/aromatic N) is 1. The summed E-state index contributed by atoms with van der Waals surface area (Å²) in [6, 6.07) is 1.02. The average molecular weight is 270 g/mol. The van der Waals surface area contributed by atoms with Gasteiger partial charge >= 0.3 is 6.09 Å². The number of likely N-dealkylation sites (tertiary alicyclic amines) is 1. The van der Waals surface area contributed by atoms with Crippen molar-refractivity contribution in [3.63, 3.8) is 0 Å². The van der Waals surface area contributed by atoms with Crippen LogP contribution in [0.4, 0.5) is 4.79 Å². The number of methoxy groups -OCH3 is 1. The molecule has 2 aliphatic rings. The van der Waals surface area contributed by atoms with Crippen molar-refractivity contribution in [1.29, 1.82) is 0 Å². The molecule has 19 heavy (non-hydrogen) atoms. The van der Waals surface area contributed by atoms with E-state index >= 15 is 0 Å². The Balaban J connectivity index is 1.86. The molecule has 2 fully saturated rings. The van der Waals surface area contributed by atoms with Crippen molar-refractivity contribution in [1.82, 2.24) is 10.2 Å². The molecular weight excluding hydrogens is 244 g/mol. The highest BCUT2D eigenvalue weighted by atomic mass is 16.6. The standard InChI is InChI=1S/C14H26N2O3/c1-14(2,3)19-13(17)16-8-7-11(12(9-16)18-4)15-10-5-6-10/h10-12,15H,5-9H2,1-4H3/t11-,12-/m0/s1. The Hall–Kier alpha value is -0.810. The molecule has 1 amide bonds. The Kier molecular flexibility index (Phi) is 4.36. The molecule has 1 saturated carbocycles. The molecule has 5 heteroatoms. The molecule has 5 nitrogen and oxygen atoms in total. The lowest BCUT2D eigenvalue weighted by atomic mass is 10.0. The van der Waals surface area contributed by atoms with Crippen molar-refractivity contribution in [2.75, 3.05) is 20.2 Å². The average Bonchev–Trinajstić information content (AvgIpc) is 3.11. The minimum atomic E-state index is -0.442. The summed E-state index contributed by atoms with van der Waals surface area (Å²) in [6.45, 7) is 7.01. The third-order valence-electron chi connectivity index (χ3n) is 3.54. The zero-order valence-corrected chi connectivity index (χ0v) is 12.4. The topological polar surface area (TPSA) is 50.8 Å². The number of rotatable bonds is 3. The fraction of sp³-hybridized carbons (Fsp3) is 0.929. The second-order valence-corrected chi connectivity index (χ2v) is 6.54. The van der Waals surface area contributed by atoms with E-state index in [1.54, 1.807) is 12.0 Å². The van der Waals surface area contributed by atoms with E-state index in [0.717, 1.165) is 13.0 Å². The van der Waals surface area contributed by atoms with Crippen molar-refractivity contribution >= 4 is 6.09 Å². The third-order valence-corrected chi connectivity index (χ3v) is 3.54. The van der Waals surface area contributed by atoms with Gasteiger partial charge in [-0.15, -0.1) is 0 Å². The van der Waals surface area contributed by atoms with Gasteiger partial charge < -0.3 is 19.7 Å². The molecular formula is C14H26N2O3. The first-order chi connectivity index (χ1) is 8.89. The van der Waals surface area contributed by atoms with Gasteiger partial charge in [-0.1, -0.05) is 0 Å². The van der Waals surface area contributed by atoms with Crippen LogP contribution in [0.25, 0.3) is 0 Å². The molecule has 1 aliphatic heterocycles. The summed E-state index contributed by atoms with van der Waals surface area (Å²) >= 11 is 0. The number of carbonyl (C=O) groups is 1. The van der Waals surface area contributed by atoms with E-state index in [9.17, 15) is 4.79 Å². The number of amides is 1. The van der Waals surface area contributed by atoms with Crippen LogP contribution < -0.4 is 5.32 Å². The fourth-order valence-corrected chi connectivity index (χ4v) is 2.39. The summed E-state index contributed by atoms with van der Waals surface area (Å²) in [5.41, 5.74) is -0.442. The molecule has 110 valence electrons. The third kappa shape index (κ3) is 4.35. The summed E-state index contributed by atoms with van der Waals surface area (Å²) in [5, 5.41) is 3.60. The molecule has 0 aromatic carbocycles. The summed E-state index contributed by atoms with van der Waals surface area (Å²) in [5.74, 6) is 0. The molecule has 0 aromatic heterocycles. The number of piperidine rings is 1.